The summed E-state index contributed by atoms with van der Waals surface area (Å²) in [6, 6.07) is 6.86. The van der Waals surface area contributed by atoms with Crippen molar-refractivity contribution in [3.05, 3.63) is 35.6 Å². The minimum absolute atomic E-state index is 0.179. The quantitative estimate of drug-likeness (QED) is 0.636. The minimum atomic E-state index is -0.179. The third-order valence-corrected chi connectivity index (χ3v) is 3.31. The van der Waals surface area contributed by atoms with E-state index in [2.05, 4.69) is 19.2 Å². The van der Waals surface area contributed by atoms with Gasteiger partial charge in [0.05, 0.1) is 13.2 Å². The average molecular weight is 297 g/mol. The highest BCUT2D eigenvalue weighted by Gasteiger charge is 2.12. The zero-order chi connectivity index (χ0) is 15.5. The van der Waals surface area contributed by atoms with Crippen molar-refractivity contribution in [2.45, 2.75) is 26.2 Å². The third-order valence-electron chi connectivity index (χ3n) is 3.31. The highest BCUT2D eigenvalue weighted by atomic mass is 19.1. The van der Waals surface area contributed by atoms with E-state index in [0.29, 0.717) is 25.7 Å². The number of nitrogens with one attached hydrogen (secondary N) is 1. The molecule has 0 aliphatic rings. The summed E-state index contributed by atoms with van der Waals surface area (Å²) in [6.45, 7) is 8.04. The molecule has 0 aliphatic heterocycles. The molecule has 0 amide bonds. The fourth-order valence-electron chi connectivity index (χ4n) is 2.16. The minimum Gasteiger partial charge on any atom is -0.382 e. The maximum Gasteiger partial charge on any atom is 0.123 e. The molecule has 1 atom stereocenters. The Bertz CT molecular complexity index is 385. The van der Waals surface area contributed by atoms with Crippen molar-refractivity contribution in [2.75, 3.05) is 40.0 Å². The Hall–Kier alpha value is -0.970. The van der Waals surface area contributed by atoms with Crippen LogP contribution in [-0.4, -0.2) is 40.0 Å². The highest BCUT2D eigenvalue weighted by Crippen LogP contribution is 2.20. The number of halogens is 1. The van der Waals surface area contributed by atoms with Gasteiger partial charge in [0.25, 0.3) is 0 Å². The van der Waals surface area contributed by atoms with Crippen molar-refractivity contribution in [2.24, 2.45) is 5.92 Å². The fraction of sp³-hybridized carbons (Fsp3) is 0.647. The van der Waals surface area contributed by atoms with Crippen molar-refractivity contribution in [1.82, 2.24) is 5.32 Å². The van der Waals surface area contributed by atoms with Crippen LogP contribution in [0, 0.1) is 11.7 Å². The number of rotatable bonds is 11. The van der Waals surface area contributed by atoms with Gasteiger partial charge in [-0.15, -0.1) is 0 Å². The van der Waals surface area contributed by atoms with Gasteiger partial charge in [-0.1, -0.05) is 26.0 Å². The lowest BCUT2D eigenvalue weighted by Crippen LogP contribution is -2.26. The summed E-state index contributed by atoms with van der Waals surface area (Å²) in [4.78, 5) is 0. The van der Waals surface area contributed by atoms with Gasteiger partial charge in [0, 0.05) is 20.3 Å². The molecular formula is C17H28FNO2. The van der Waals surface area contributed by atoms with Crippen molar-refractivity contribution >= 4 is 0 Å². The van der Waals surface area contributed by atoms with E-state index in [4.69, 9.17) is 9.47 Å². The Kier molecular flexibility index (Phi) is 9.22. The molecule has 0 fully saturated rings. The Morgan fingerprint density at radius 1 is 1.14 bits per heavy atom. The molecule has 0 bridgehead atoms. The van der Waals surface area contributed by atoms with Gasteiger partial charge in [-0.3, -0.25) is 0 Å². The van der Waals surface area contributed by atoms with E-state index in [1.165, 1.54) is 6.07 Å². The normalized spacial score (nSPS) is 12.8. The first kappa shape index (κ1) is 18.1. The molecule has 1 rings (SSSR count). The second-order valence-electron chi connectivity index (χ2n) is 5.70. The van der Waals surface area contributed by atoms with E-state index in [-0.39, 0.29) is 11.7 Å². The van der Waals surface area contributed by atoms with Gasteiger partial charge in [-0.2, -0.15) is 0 Å². The summed E-state index contributed by atoms with van der Waals surface area (Å²) >= 11 is 0. The molecule has 3 nitrogen and oxygen atoms in total. The summed E-state index contributed by atoms with van der Waals surface area (Å²) in [7, 11) is 1.66. The zero-order valence-corrected chi connectivity index (χ0v) is 13.4. The topological polar surface area (TPSA) is 30.5 Å². The largest absolute Gasteiger partial charge is 0.382 e. The molecular weight excluding hydrogens is 269 g/mol. The first-order valence-corrected chi connectivity index (χ1v) is 7.66. The second-order valence-corrected chi connectivity index (χ2v) is 5.70. The predicted octanol–water partition coefficient (Wildman–Crippen LogP) is 3.21. The van der Waals surface area contributed by atoms with Crippen molar-refractivity contribution in [3.8, 4) is 0 Å². The Balaban J connectivity index is 2.49. The first-order valence-electron chi connectivity index (χ1n) is 7.66. The van der Waals surface area contributed by atoms with Gasteiger partial charge in [0.15, 0.2) is 0 Å². The third kappa shape index (κ3) is 8.15. The van der Waals surface area contributed by atoms with Crippen LogP contribution in [0.1, 0.15) is 31.7 Å². The van der Waals surface area contributed by atoms with Crippen LogP contribution in [0.3, 0.4) is 0 Å². The Labute approximate surface area is 127 Å². The second kappa shape index (κ2) is 10.7. The molecule has 21 heavy (non-hydrogen) atoms. The smallest absolute Gasteiger partial charge is 0.123 e. The van der Waals surface area contributed by atoms with E-state index >= 15 is 0 Å². The lowest BCUT2D eigenvalue weighted by Gasteiger charge is -2.19. The van der Waals surface area contributed by atoms with Gasteiger partial charge < -0.3 is 14.8 Å². The molecule has 0 saturated carbocycles. The number of ether oxygens (including phenoxy) is 2. The summed E-state index contributed by atoms with van der Waals surface area (Å²) in [5.41, 5.74) is 1.03. The van der Waals surface area contributed by atoms with Crippen molar-refractivity contribution < 1.29 is 13.9 Å². The Morgan fingerprint density at radius 3 is 2.62 bits per heavy atom. The molecule has 1 N–H and O–H groups in total. The molecule has 0 radical (unpaired) electrons. The number of hydrogen-bond donors (Lipinski definition) is 1. The van der Waals surface area contributed by atoms with Gasteiger partial charge in [0.2, 0.25) is 0 Å². The fourth-order valence-corrected chi connectivity index (χ4v) is 2.16. The van der Waals surface area contributed by atoms with Gasteiger partial charge in [-0.05, 0) is 42.5 Å². The molecule has 120 valence electrons. The summed E-state index contributed by atoms with van der Waals surface area (Å²) in [6.07, 6.45) is 0.873. The maximum atomic E-state index is 13.4. The monoisotopic (exact) mass is 297 g/mol. The van der Waals surface area contributed by atoms with Crippen LogP contribution in [-0.2, 0) is 9.47 Å². The molecule has 0 aliphatic carbocycles. The van der Waals surface area contributed by atoms with E-state index in [1.54, 1.807) is 19.2 Å². The van der Waals surface area contributed by atoms with Gasteiger partial charge >= 0.3 is 0 Å². The summed E-state index contributed by atoms with van der Waals surface area (Å²) < 4.78 is 23.9. The standard InChI is InChI=1S/C17H28FNO2/c1-14(2)12-19-13-16(7-8-21-10-9-20-3)15-5-4-6-17(18)11-15/h4-6,11,14,16,19H,7-10,12-13H2,1-3H3. The molecule has 0 heterocycles. The zero-order valence-electron chi connectivity index (χ0n) is 13.4. The SMILES string of the molecule is COCCOCCC(CNCC(C)C)c1cccc(F)c1. The lowest BCUT2D eigenvalue weighted by molar-refractivity contribution is 0.0669. The number of benzene rings is 1. The molecule has 1 unspecified atom stereocenters. The van der Waals surface area contributed by atoms with Crippen LogP contribution < -0.4 is 5.32 Å². The molecule has 0 saturated heterocycles. The average Bonchev–Trinajstić information content (AvgIpc) is 2.45. The summed E-state index contributed by atoms with van der Waals surface area (Å²) in [5.74, 6) is 0.694. The molecule has 0 aromatic heterocycles. The first-order chi connectivity index (χ1) is 10.1. The predicted molar refractivity (Wildman–Crippen MR) is 84.2 cm³/mol. The molecule has 4 heteroatoms. The van der Waals surface area contributed by atoms with Crippen LogP contribution in [0.2, 0.25) is 0 Å². The van der Waals surface area contributed by atoms with E-state index < -0.39 is 0 Å². The highest BCUT2D eigenvalue weighted by molar-refractivity contribution is 5.21. The van der Waals surface area contributed by atoms with E-state index in [0.717, 1.165) is 25.1 Å². The number of methoxy groups -OCH3 is 1. The Morgan fingerprint density at radius 2 is 1.95 bits per heavy atom. The van der Waals surface area contributed by atoms with Crippen LogP contribution >= 0.6 is 0 Å². The molecule has 0 spiro atoms. The van der Waals surface area contributed by atoms with Crippen LogP contribution in [0.4, 0.5) is 4.39 Å². The van der Waals surface area contributed by atoms with Crippen LogP contribution in [0.25, 0.3) is 0 Å². The van der Waals surface area contributed by atoms with Crippen molar-refractivity contribution in [3.63, 3.8) is 0 Å². The van der Waals surface area contributed by atoms with Crippen LogP contribution in [0.5, 0.6) is 0 Å². The molecule has 1 aromatic rings. The van der Waals surface area contributed by atoms with Gasteiger partial charge in [-0.25, -0.2) is 4.39 Å². The lowest BCUT2D eigenvalue weighted by atomic mass is 9.95. The van der Waals surface area contributed by atoms with Crippen LogP contribution in [0.15, 0.2) is 24.3 Å². The van der Waals surface area contributed by atoms with Crippen molar-refractivity contribution in [1.29, 1.82) is 0 Å². The maximum absolute atomic E-state index is 13.4. The molecule has 1 aromatic carbocycles. The van der Waals surface area contributed by atoms with Gasteiger partial charge in [0.1, 0.15) is 5.82 Å². The van der Waals surface area contributed by atoms with E-state index in [1.807, 2.05) is 6.07 Å². The number of hydrogen-bond acceptors (Lipinski definition) is 3. The summed E-state index contributed by atoms with van der Waals surface area (Å²) in [5, 5.41) is 3.45. The van der Waals surface area contributed by atoms with E-state index in [9.17, 15) is 4.39 Å².